The van der Waals surface area contributed by atoms with Gasteiger partial charge in [-0.1, -0.05) is 0 Å². The molecule has 1 aromatic carbocycles. The highest BCUT2D eigenvalue weighted by Crippen LogP contribution is 2.22. The minimum atomic E-state index is -0.831. The van der Waals surface area contributed by atoms with E-state index >= 15 is 0 Å². The highest BCUT2D eigenvalue weighted by molar-refractivity contribution is 6.41. The van der Waals surface area contributed by atoms with Gasteiger partial charge in [0, 0.05) is 37.1 Å². The molecule has 0 atom stereocenters. The van der Waals surface area contributed by atoms with Crippen molar-refractivity contribution >= 4 is 23.7 Å². The molecule has 0 radical (unpaired) electrons. The molecule has 0 aliphatic rings. The van der Waals surface area contributed by atoms with E-state index in [-0.39, 0.29) is 6.61 Å². The number of rotatable bonds is 5. The molecule has 0 aliphatic heterocycles. The van der Waals surface area contributed by atoms with Gasteiger partial charge in [-0.2, -0.15) is 0 Å². The molecule has 5 nitrogen and oxygen atoms in total. The summed E-state index contributed by atoms with van der Waals surface area (Å²) in [5.74, 6) is -1.46. The van der Waals surface area contributed by atoms with Crippen LogP contribution in [0.4, 0.5) is 5.69 Å². The first-order valence-electron chi connectivity index (χ1n) is 6.01. The maximum Gasteiger partial charge on any atom is 0.379 e. The fraction of sp³-hybridized carbons (Fsp3) is 0.357. The molecule has 0 aromatic heterocycles. The second-order valence-electron chi connectivity index (χ2n) is 3.89. The number of Topliss-reactive ketones (excluding diaryl/α,β-unsaturated/α-hetero) is 1. The van der Waals surface area contributed by atoms with E-state index in [4.69, 9.17) is 4.74 Å². The number of benzene rings is 1. The van der Waals surface area contributed by atoms with Gasteiger partial charge >= 0.3 is 5.97 Å². The van der Waals surface area contributed by atoms with Crippen LogP contribution in [0.5, 0.6) is 0 Å². The molecular formula is C14H18N2O3. The third-order valence-corrected chi connectivity index (χ3v) is 2.75. The third-order valence-electron chi connectivity index (χ3n) is 2.75. The normalized spacial score (nSPS) is 10.5. The molecule has 102 valence electrons. The number of nitrogens with zero attached hydrogens (tertiary/aromatic N) is 1. The van der Waals surface area contributed by atoms with Crippen LogP contribution < -0.4 is 5.32 Å². The van der Waals surface area contributed by atoms with Crippen LogP contribution in [0.15, 0.2) is 17.1 Å². The number of hydrogen-bond acceptors (Lipinski definition) is 5. The van der Waals surface area contributed by atoms with Gasteiger partial charge in [-0.25, -0.2) is 4.79 Å². The van der Waals surface area contributed by atoms with Crippen molar-refractivity contribution in [3.05, 3.63) is 28.8 Å². The van der Waals surface area contributed by atoms with Crippen LogP contribution >= 0.6 is 0 Å². The van der Waals surface area contributed by atoms with Crippen LogP contribution in [0.25, 0.3) is 0 Å². The lowest BCUT2D eigenvalue weighted by atomic mass is 9.98. The van der Waals surface area contributed by atoms with Crippen LogP contribution in [0.3, 0.4) is 0 Å². The van der Waals surface area contributed by atoms with Gasteiger partial charge < -0.3 is 10.1 Å². The Bertz CT molecular complexity index is 522. The molecule has 0 fully saturated rings. The van der Waals surface area contributed by atoms with Gasteiger partial charge in [0.2, 0.25) is 0 Å². The van der Waals surface area contributed by atoms with E-state index in [2.05, 4.69) is 10.3 Å². The van der Waals surface area contributed by atoms with Crippen LogP contribution in [0.1, 0.15) is 28.4 Å². The monoisotopic (exact) mass is 262 g/mol. The molecule has 5 heteroatoms. The molecule has 0 bridgehead atoms. The zero-order valence-electron chi connectivity index (χ0n) is 11.6. The molecule has 0 heterocycles. The average Bonchev–Trinajstić information content (AvgIpc) is 2.40. The topological polar surface area (TPSA) is 67.8 Å². The number of ether oxygens (including phenoxy) is 1. The number of carbonyl (C=O) groups excluding carboxylic acids is 2. The van der Waals surface area contributed by atoms with Gasteiger partial charge in [0.25, 0.3) is 5.78 Å². The molecule has 0 unspecified atom stereocenters. The maximum absolute atomic E-state index is 12.0. The third kappa shape index (κ3) is 3.19. The van der Waals surface area contributed by atoms with Gasteiger partial charge in [-0.3, -0.25) is 9.79 Å². The van der Waals surface area contributed by atoms with Crippen molar-refractivity contribution in [2.24, 2.45) is 4.99 Å². The lowest BCUT2D eigenvalue weighted by Crippen LogP contribution is -2.19. The Morgan fingerprint density at radius 1 is 1.42 bits per heavy atom. The summed E-state index contributed by atoms with van der Waals surface area (Å²) in [5, 5.41) is 3.02. The molecule has 0 saturated heterocycles. The SMILES string of the molecule is CCOC(=O)C(=O)c1ccc(NC)c(C=NC)c1C. The molecular weight excluding hydrogens is 244 g/mol. The number of aliphatic imine (C=N–C) groups is 1. The zero-order valence-corrected chi connectivity index (χ0v) is 11.6. The fourth-order valence-corrected chi connectivity index (χ4v) is 1.79. The van der Waals surface area contributed by atoms with Crippen molar-refractivity contribution in [3.63, 3.8) is 0 Å². The largest absolute Gasteiger partial charge is 0.460 e. The van der Waals surface area contributed by atoms with E-state index in [0.717, 1.165) is 11.3 Å². The standard InChI is InChI=1S/C14H18N2O3/c1-5-19-14(18)13(17)10-6-7-12(16-4)11(8-15-3)9(10)2/h6-8,16H,5H2,1-4H3. The Hall–Kier alpha value is -2.17. The van der Waals surface area contributed by atoms with Gasteiger partial charge in [0.1, 0.15) is 0 Å². The minimum Gasteiger partial charge on any atom is -0.460 e. The van der Waals surface area contributed by atoms with Crippen LogP contribution in [0.2, 0.25) is 0 Å². The number of nitrogens with one attached hydrogen (secondary N) is 1. The Morgan fingerprint density at radius 3 is 2.63 bits per heavy atom. The lowest BCUT2D eigenvalue weighted by Gasteiger charge is -2.12. The van der Waals surface area contributed by atoms with Crippen molar-refractivity contribution in [2.75, 3.05) is 26.0 Å². The molecule has 0 amide bonds. The van der Waals surface area contributed by atoms with Crippen molar-refractivity contribution in [3.8, 4) is 0 Å². The summed E-state index contributed by atoms with van der Waals surface area (Å²) in [4.78, 5) is 27.4. The summed E-state index contributed by atoms with van der Waals surface area (Å²) >= 11 is 0. The molecule has 1 aromatic rings. The number of carbonyl (C=O) groups is 2. The minimum absolute atomic E-state index is 0.182. The van der Waals surface area contributed by atoms with Crippen molar-refractivity contribution in [1.82, 2.24) is 0 Å². The number of hydrogen-bond donors (Lipinski definition) is 1. The summed E-state index contributed by atoms with van der Waals surface area (Å²) in [7, 11) is 3.44. The number of esters is 1. The molecule has 0 aliphatic carbocycles. The summed E-state index contributed by atoms with van der Waals surface area (Å²) in [6.45, 7) is 3.63. The quantitative estimate of drug-likeness (QED) is 0.380. The van der Waals surface area contributed by atoms with Gasteiger partial charge in [-0.15, -0.1) is 0 Å². The fourth-order valence-electron chi connectivity index (χ4n) is 1.79. The molecule has 0 spiro atoms. The van der Waals surface area contributed by atoms with E-state index in [1.807, 2.05) is 0 Å². The molecule has 19 heavy (non-hydrogen) atoms. The van der Waals surface area contributed by atoms with Crippen molar-refractivity contribution < 1.29 is 14.3 Å². The summed E-state index contributed by atoms with van der Waals surface area (Å²) < 4.78 is 4.73. The highest BCUT2D eigenvalue weighted by Gasteiger charge is 2.21. The lowest BCUT2D eigenvalue weighted by molar-refractivity contribution is -0.137. The maximum atomic E-state index is 12.0. The van der Waals surface area contributed by atoms with Gasteiger partial charge in [0.15, 0.2) is 0 Å². The average molecular weight is 262 g/mol. The predicted octanol–water partition coefficient (Wildman–Crippen LogP) is 1.83. The number of anilines is 1. The van der Waals surface area contributed by atoms with E-state index in [9.17, 15) is 9.59 Å². The molecule has 1 N–H and O–H groups in total. The van der Waals surface area contributed by atoms with E-state index in [1.165, 1.54) is 0 Å². The Morgan fingerprint density at radius 2 is 2.11 bits per heavy atom. The molecule has 1 rings (SSSR count). The van der Waals surface area contributed by atoms with Gasteiger partial charge in [-0.05, 0) is 31.5 Å². The Labute approximate surface area is 112 Å². The highest BCUT2D eigenvalue weighted by atomic mass is 16.5. The second kappa shape index (κ2) is 6.68. The zero-order chi connectivity index (χ0) is 14.4. The Balaban J connectivity index is 3.27. The van der Waals surface area contributed by atoms with Crippen molar-refractivity contribution in [1.29, 1.82) is 0 Å². The first-order valence-corrected chi connectivity index (χ1v) is 6.01. The first kappa shape index (κ1) is 14.9. The van der Waals surface area contributed by atoms with E-state index in [0.29, 0.717) is 11.1 Å². The second-order valence-corrected chi connectivity index (χ2v) is 3.89. The summed E-state index contributed by atoms with van der Waals surface area (Å²) in [6, 6.07) is 3.36. The van der Waals surface area contributed by atoms with Crippen LogP contribution in [-0.4, -0.2) is 38.7 Å². The van der Waals surface area contributed by atoms with Crippen LogP contribution in [-0.2, 0) is 9.53 Å². The Kier molecular flexibility index (Phi) is 5.23. The van der Waals surface area contributed by atoms with Crippen LogP contribution in [0, 0.1) is 6.92 Å². The van der Waals surface area contributed by atoms with E-state index in [1.54, 1.807) is 46.3 Å². The number of ketones is 1. The predicted molar refractivity (Wildman–Crippen MR) is 75.2 cm³/mol. The van der Waals surface area contributed by atoms with Gasteiger partial charge in [0.05, 0.1) is 6.61 Å². The molecule has 0 saturated carbocycles. The first-order chi connectivity index (χ1) is 9.06. The summed E-state index contributed by atoms with van der Waals surface area (Å²) in [5.41, 5.74) is 2.69. The smallest absolute Gasteiger partial charge is 0.379 e. The van der Waals surface area contributed by atoms with Crippen molar-refractivity contribution in [2.45, 2.75) is 13.8 Å². The summed E-state index contributed by atoms with van der Waals surface area (Å²) in [6.07, 6.45) is 1.66. The van der Waals surface area contributed by atoms with E-state index < -0.39 is 11.8 Å².